The van der Waals surface area contributed by atoms with Crippen LogP contribution < -0.4 is 10.9 Å². The second-order valence-corrected chi connectivity index (χ2v) is 17.2. The molecule has 2 bridgehead atoms. The van der Waals surface area contributed by atoms with Gasteiger partial charge in [0.05, 0.1) is 29.1 Å². The maximum atomic E-state index is 13.6. The number of nitrogens with zero attached hydrogens (tertiary/aromatic N) is 2. The highest BCUT2D eigenvalue weighted by molar-refractivity contribution is 8.01. The van der Waals surface area contributed by atoms with Crippen molar-refractivity contribution in [3.63, 3.8) is 0 Å². The molecule has 8 nitrogen and oxygen atoms in total. The Balaban J connectivity index is 1.23. The third kappa shape index (κ3) is 6.12. The van der Waals surface area contributed by atoms with Crippen molar-refractivity contribution in [3.05, 3.63) is 53.1 Å². The van der Waals surface area contributed by atoms with Crippen molar-refractivity contribution < 1.29 is 19.4 Å². The first-order valence-corrected chi connectivity index (χ1v) is 17.9. The van der Waals surface area contributed by atoms with Crippen LogP contribution in [-0.2, 0) is 20.9 Å². The van der Waals surface area contributed by atoms with Crippen LogP contribution in [0.3, 0.4) is 0 Å². The molecule has 3 aliphatic carbocycles. The summed E-state index contributed by atoms with van der Waals surface area (Å²) < 4.78 is 7.78. The Bertz CT molecular complexity index is 1560. The summed E-state index contributed by atoms with van der Waals surface area (Å²) in [5.41, 5.74) is 0.222. The summed E-state index contributed by atoms with van der Waals surface area (Å²) in [6.45, 7) is 20.5. The average molecular weight is 652 g/mol. The van der Waals surface area contributed by atoms with E-state index in [1.807, 2.05) is 38.1 Å². The van der Waals surface area contributed by atoms with Gasteiger partial charge in [-0.15, -0.1) is 18.3 Å². The van der Waals surface area contributed by atoms with E-state index in [-0.39, 0.29) is 51.0 Å². The molecule has 0 aliphatic heterocycles. The number of Topliss-reactive ketones (excluding diaryl/α,β-unsaturated/α-hetero) is 1. The molecule has 1 aromatic heterocycles. The molecule has 2 aromatic rings. The van der Waals surface area contributed by atoms with Gasteiger partial charge in [0.2, 0.25) is 0 Å². The minimum absolute atomic E-state index is 0.0480. The van der Waals surface area contributed by atoms with Crippen molar-refractivity contribution >= 4 is 34.4 Å². The first-order chi connectivity index (χ1) is 21.6. The number of carbonyl (C=O) groups is 2. The normalized spacial score (nSPS) is 34.5. The third-order valence-electron chi connectivity index (χ3n) is 12.2. The van der Waals surface area contributed by atoms with Crippen molar-refractivity contribution in [1.82, 2.24) is 14.9 Å². The summed E-state index contributed by atoms with van der Waals surface area (Å²) in [5, 5.41) is 15.8. The Morgan fingerprint density at radius 2 is 2.00 bits per heavy atom. The molecule has 0 saturated heterocycles. The SMILES string of the molecule is C=C[C@]1(C)C[C@@H](OC(=O)CSC(C)(C)CNCCn2cnc3ccc(C)cc3c2=O)[C@]2(C)[C@H](C)CC[C@]3(CCC(=O)[C@H]32)[C@@H](C)[C@@H]1O. The molecule has 3 fully saturated rings. The molecular formula is C37H53N3O5S. The van der Waals surface area contributed by atoms with Crippen molar-refractivity contribution in [2.24, 2.45) is 34.0 Å². The van der Waals surface area contributed by atoms with Crippen molar-refractivity contribution in [3.8, 4) is 0 Å². The number of aliphatic hydroxyl groups is 1. The number of aryl methyl sites for hydroxylation is 1. The van der Waals surface area contributed by atoms with E-state index in [0.29, 0.717) is 43.4 Å². The van der Waals surface area contributed by atoms with Crippen molar-refractivity contribution in [2.75, 3.05) is 18.8 Å². The minimum Gasteiger partial charge on any atom is -0.461 e. The highest BCUT2D eigenvalue weighted by atomic mass is 32.2. The molecule has 0 radical (unpaired) electrons. The highest BCUT2D eigenvalue weighted by Gasteiger charge is 2.68. The molecule has 46 heavy (non-hydrogen) atoms. The van der Waals surface area contributed by atoms with Crippen LogP contribution in [0.5, 0.6) is 0 Å². The number of ether oxygens (including phenoxy) is 1. The lowest BCUT2D eigenvalue weighted by atomic mass is 9.44. The molecule has 5 rings (SSSR count). The fraction of sp³-hybridized carbons (Fsp3) is 0.676. The van der Waals surface area contributed by atoms with E-state index in [1.165, 1.54) is 11.8 Å². The molecule has 0 spiro atoms. The summed E-state index contributed by atoms with van der Waals surface area (Å²) >= 11 is 1.53. The van der Waals surface area contributed by atoms with Crippen LogP contribution in [0.2, 0.25) is 0 Å². The van der Waals surface area contributed by atoms with E-state index in [2.05, 4.69) is 51.5 Å². The number of thioether (sulfide) groups is 1. The molecule has 9 heteroatoms. The van der Waals surface area contributed by atoms with Gasteiger partial charge in [0, 0.05) is 47.6 Å². The highest BCUT2D eigenvalue weighted by Crippen LogP contribution is 2.68. The fourth-order valence-corrected chi connectivity index (χ4v) is 9.80. The van der Waals surface area contributed by atoms with Crippen molar-refractivity contribution in [1.29, 1.82) is 0 Å². The van der Waals surface area contributed by atoms with Crippen LogP contribution in [0, 0.1) is 40.9 Å². The summed E-state index contributed by atoms with van der Waals surface area (Å²) in [5.74, 6) is 0.0511. The zero-order chi connectivity index (χ0) is 33.7. The maximum absolute atomic E-state index is 13.6. The molecule has 1 heterocycles. The number of esters is 1. The van der Waals surface area contributed by atoms with Gasteiger partial charge in [0.15, 0.2) is 0 Å². The third-order valence-corrected chi connectivity index (χ3v) is 13.5. The maximum Gasteiger partial charge on any atom is 0.316 e. The largest absolute Gasteiger partial charge is 0.461 e. The average Bonchev–Trinajstić information content (AvgIpc) is 3.37. The first-order valence-electron chi connectivity index (χ1n) is 16.9. The summed E-state index contributed by atoms with van der Waals surface area (Å²) in [6.07, 6.45) is 5.85. The standard InChI is InChI=1S/C37H53N3O5S/c1-9-35(7)19-29(36(8)24(3)12-14-37(25(4)32(35)43)15-13-28(41)31(36)37)45-30(42)20-46-34(5,6)21-38-16-17-40-22-39-27-11-10-23(2)18-26(27)33(40)44/h9-11,18,22,24-25,29,31-32,38,43H,1,12-17,19-21H2,2-8H3/t24-,25+,29-,31+,32+,35-,36+,37+/m1/s1. The molecule has 1 aromatic carbocycles. The lowest BCUT2D eigenvalue weighted by Gasteiger charge is -2.61. The zero-order valence-corrected chi connectivity index (χ0v) is 29.5. The molecule has 2 N–H and O–H groups in total. The number of rotatable bonds is 10. The van der Waals surface area contributed by atoms with E-state index in [1.54, 1.807) is 10.9 Å². The monoisotopic (exact) mass is 651 g/mol. The number of nitrogens with one attached hydrogen (secondary N) is 1. The Morgan fingerprint density at radius 3 is 2.72 bits per heavy atom. The lowest BCUT2D eigenvalue weighted by Crippen LogP contribution is -2.63. The van der Waals surface area contributed by atoms with Gasteiger partial charge in [-0.1, -0.05) is 45.4 Å². The van der Waals surface area contributed by atoms with E-state index in [0.717, 1.165) is 24.8 Å². The Hall–Kier alpha value is -2.49. The quantitative estimate of drug-likeness (QED) is 0.191. The molecule has 0 amide bonds. The van der Waals surface area contributed by atoms with Gasteiger partial charge in [-0.25, -0.2) is 4.98 Å². The van der Waals surface area contributed by atoms with Crippen LogP contribution in [0.25, 0.3) is 10.9 Å². The number of aromatic nitrogens is 2. The Kier molecular flexibility index (Phi) is 9.73. The smallest absolute Gasteiger partial charge is 0.316 e. The number of ketones is 1. The van der Waals surface area contributed by atoms with E-state index < -0.39 is 23.0 Å². The minimum atomic E-state index is -0.678. The number of benzene rings is 1. The van der Waals surface area contributed by atoms with Crippen molar-refractivity contribution in [2.45, 2.75) is 104 Å². The van der Waals surface area contributed by atoms with E-state index >= 15 is 0 Å². The molecule has 8 atom stereocenters. The topological polar surface area (TPSA) is 111 Å². The lowest BCUT2D eigenvalue weighted by molar-refractivity contribution is -0.205. The predicted octanol–water partition coefficient (Wildman–Crippen LogP) is 5.71. The van der Waals surface area contributed by atoms with E-state index in [4.69, 9.17) is 4.74 Å². The predicted molar refractivity (Wildman–Crippen MR) is 185 cm³/mol. The van der Waals surface area contributed by atoms with Gasteiger partial charge in [-0.2, -0.15) is 0 Å². The Morgan fingerprint density at radius 1 is 1.26 bits per heavy atom. The van der Waals surface area contributed by atoms with E-state index in [9.17, 15) is 19.5 Å². The van der Waals surface area contributed by atoms with Gasteiger partial charge in [-0.05, 0) is 75.8 Å². The summed E-state index contributed by atoms with van der Waals surface area (Å²) in [6, 6.07) is 5.70. The molecule has 0 unspecified atom stereocenters. The molecule has 3 saturated carbocycles. The second-order valence-electron chi connectivity index (χ2n) is 15.6. The molecule has 3 aliphatic rings. The van der Waals surface area contributed by atoms with Gasteiger partial charge in [-0.3, -0.25) is 19.0 Å². The fourth-order valence-electron chi connectivity index (χ4n) is 9.02. The number of hydrogen-bond donors (Lipinski definition) is 2. The number of carbonyl (C=O) groups excluding carboxylic acids is 2. The number of fused-ring (bicyclic) bond motifs is 1. The molecular weight excluding hydrogens is 598 g/mol. The molecule has 252 valence electrons. The van der Waals surface area contributed by atoms with Gasteiger partial charge in [0.25, 0.3) is 5.56 Å². The van der Waals surface area contributed by atoms with Gasteiger partial charge < -0.3 is 15.2 Å². The first kappa shape index (κ1) is 34.8. The van der Waals surface area contributed by atoms with Gasteiger partial charge >= 0.3 is 5.97 Å². The number of aliphatic hydroxyl groups excluding tert-OH is 1. The van der Waals surface area contributed by atoms with Crippen LogP contribution in [0.4, 0.5) is 0 Å². The summed E-state index contributed by atoms with van der Waals surface area (Å²) in [4.78, 5) is 44.6. The van der Waals surface area contributed by atoms with Crippen LogP contribution in [0.1, 0.15) is 79.2 Å². The Labute approximate surface area is 278 Å². The van der Waals surface area contributed by atoms with Gasteiger partial charge in [0.1, 0.15) is 11.9 Å². The second kappa shape index (κ2) is 12.8. The zero-order valence-electron chi connectivity index (χ0n) is 28.7. The van der Waals surface area contributed by atoms with Crippen LogP contribution >= 0.6 is 11.8 Å². The van der Waals surface area contributed by atoms with Crippen LogP contribution in [-0.4, -0.2) is 62.2 Å². The van der Waals surface area contributed by atoms with Crippen LogP contribution in [0.15, 0.2) is 42.0 Å². The number of hydrogen-bond acceptors (Lipinski definition) is 8. The summed E-state index contributed by atoms with van der Waals surface area (Å²) in [7, 11) is 0.